The van der Waals surface area contributed by atoms with Gasteiger partial charge in [0.1, 0.15) is 10.1 Å². The second kappa shape index (κ2) is 5.08. The van der Waals surface area contributed by atoms with Crippen molar-refractivity contribution in [2.45, 2.75) is 9.79 Å². The SMILES string of the molecule is O=S(=O)([O-])c1c(S)ccc2ccccc12.[Na+]. The van der Waals surface area contributed by atoms with Gasteiger partial charge in [0.25, 0.3) is 0 Å². The predicted molar refractivity (Wildman–Crippen MR) is 59.2 cm³/mol. The van der Waals surface area contributed by atoms with Crippen molar-refractivity contribution in [1.29, 1.82) is 0 Å². The fourth-order valence-corrected chi connectivity index (χ4v) is 2.80. The minimum absolute atomic E-state index is 0. The van der Waals surface area contributed by atoms with E-state index in [1.807, 2.05) is 0 Å². The first kappa shape index (κ1) is 14.0. The molecule has 2 rings (SSSR count). The third-order valence-electron chi connectivity index (χ3n) is 2.11. The molecule has 0 aliphatic carbocycles. The number of rotatable bonds is 1. The number of fused-ring (bicyclic) bond motifs is 1. The van der Waals surface area contributed by atoms with Gasteiger partial charge in [-0.2, -0.15) is 0 Å². The van der Waals surface area contributed by atoms with Crippen LogP contribution in [0.15, 0.2) is 46.2 Å². The first-order valence-electron chi connectivity index (χ1n) is 4.17. The van der Waals surface area contributed by atoms with Crippen LogP contribution < -0.4 is 29.6 Å². The third kappa shape index (κ3) is 2.61. The second-order valence-electron chi connectivity index (χ2n) is 3.09. The molecule has 0 fully saturated rings. The fourth-order valence-electron chi connectivity index (χ4n) is 1.49. The molecule has 3 nitrogen and oxygen atoms in total. The molecule has 0 spiro atoms. The van der Waals surface area contributed by atoms with Crippen molar-refractivity contribution in [3.8, 4) is 0 Å². The van der Waals surface area contributed by atoms with Crippen molar-refractivity contribution in [2.75, 3.05) is 0 Å². The van der Waals surface area contributed by atoms with Gasteiger partial charge in [-0.15, -0.1) is 12.6 Å². The maximum Gasteiger partial charge on any atom is 1.00 e. The first-order valence-corrected chi connectivity index (χ1v) is 6.02. The summed E-state index contributed by atoms with van der Waals surface area (Å²) in [6.45, 7) is 0. The van der Waals surface area contributed by atoms with Gasteiger partial charge in [-0.3, -0.25) is 0 Å². The zero-order valence-electron chi connectivity index (χ0n) is 8.54. The van der Waals surface area contributed by atoms with E-state index in [0.717, 1.165) is 0 Å². The van der Waals surface area contributed by atoms with Crippen molar-refractivity contribution in [3.05, 3.63) is 36.4 Å². The second-order valence-corrected chi connectivity index (χ2v) is 4.89. The molecule has 0 heterocycles. The van der Waals surface area contributed by atoms with Crippen LogP contribution in [-0.2, 0) is 10.1 Å². The molecule has 0 saturated carbocycles. The van der Waals surface area contributed by atoms with Gasteiger partial charge in [0.05, 0.1) is 4.90 Å². The van der Waals surface area contributed by atoms with Gasteiger partial charge >= 0.3 is 29.6 Å². The van der Waals surface area contributed by atoms with Crippen LogP contribution in [0.1, 0.15) is 0 Å². The van der Waals surface area contributed by atoms with E-state index >= 15 is 0 Å². The van der Waals surface area contributed by atoms with E-state index in [2.05, 4.69) is 12.6 Å². The Hall–Kier alpha value is -0.0400. The third-order valence-corrected chi connectivity index (χ3v) is 3.57. The van der Waals surface area contributed by atoms with Gasteiger partial charge in [-0.25, -0.2) is 8.42 Å². The molecular formula is C10H7NaO3S2. The zero-order valence-corrected chi connectivity index (χ0v) is 12.3. The number of thiol groups is 1. The summed E-state index contributed by atoms with van der Waals surface area (Å²) in [6.07, 6.45) is 0. The molecule has 0 saturated heterocycles. The Morgan fingerprint density at radius 2 is 1.69 bits per heavy atom. The van der Waals surface area contributed by atoms with Crippen molar-refractivity contribution in [3.63, 3.8) is 0 Å². The summed E-state index contributed by atoms with van der Waals surface area (Å²) < 4.78 is 33.2. The molecule has 0 unspecified atom stereocenters. The van der Waals surface area contributed by atoms with Gasteiger partial charge in [-0.05, 0) is 11.5 Å². The molecule has 78 valence electrons. The minimum atomic E-state index is -4.49. The Labute approximate surface area is 121 Å². The molecule has 16 heavy (non-hydrogen) atoms. The number of hydrogen-bond acceptors (Lipinski definition) is 4. The maximum absolute atomic E-state index is 11.1. The van der Waals surface area contributed by atoms with E-state index in [1.165, 1.54) is 6.07 Å². The Kier molecular flexibility index (Phi) is 4.45. The van der Waals surface area contributed by atoms with Crippen molar-refractivity contribution in [1.82, 2.24) is 0 Å². The first-order chi connectivity index (χ1) is 7.00. The topological polar surface area (TPSA) is 57.2 Å². The smallest absolute Gasteiger partial charge is 0.744 e. The quantitative estimate of drug-likeness (QED) is 0.409. The summed E-state index contributed by atoms with van der Waals surface area (Å²) in [5.41, 5.74) is 0. The van der Waals surface area contributed by atoms with Crippen LogP contribution in [0.3, 0.4) is 0 Å². The van der Waals surface area contributed by atoms with E-state index in [-0.39, 0.29) is 39.3 Å². The molecule has 0 N–H and O–H groups in total. The molecule has 0 aliphatic heterocycles. The molecule has 0 bridgehead atoms. The number of hydrogen-bond donors (Lipinski definition) is 1. The summed E-state index contributed by atoms with van der Waals surface area (Å²) in [5, 5.41) is 1.13. The Morgan fingerprint density at radius 1 is 1.06 bits per heavy atom. The standard InChI is InChI=1S/C10H8O3S2.Na/c11-15(12,13)10-8-4-2-1-3-7(8)5-6-9(10)14;/h1-6,14H,(H,11,12,13);/q;+1/p-1. The average molecular weight is 262 g/mol. The Morgan fingerprint density at radius 3 is 2.31 bits per heavy atom. The van der Waals surface area contributed by atoms with Crippen LogP contribution in [0.2, 0.25) is 0 Å². The summed E-state index contributed by atoms with van der Waals surface area (Å²) >= 11 is 3.99. The van der Waals surface area contributed by atoms with Gasteiger partial charge in [0.2, 0.25) is 0 Å². The summed E-state index contributed by atoms with van der Waals surface area (Å²) in [7, 11) is -4.49. The molecule has 2 aromatic rings. The summed E-state index contributed by atoms with van der Waals surface area (Å²) in [6, 6.07) is 10.0. The van der Waals surface area contributed by atoms with E-state index < -0.39 is 10.1 Å². The van der Waals surface area contributed by atoms with Gasteiger partial charge in [0.15, 0.2) is 0 Å². The van der Waals surface area contributed by atoms with E-state index in [1.54, 1.807) is 30.3 Å². The molecule has 2 aromatic carbocycles. The van der Waals surface area contributed by atoms with Crippen LogP contribution in [0.5, 0.6) is 0 Å². The van der Waals surface area contributed by atoms with E-state index in [4.69, 9.17) is 0 Å². The molecular weight excluding hydrogens is 255 g/mol. The van der Waals surface area contributed by atoms with Crippen LogP contribution in [0.4, 0.5) is 0 Å². The average Bonchev–Trinajstić information content (AvgIpc) is 2.15. The monoisotopic (exact) mass is 262 g/mol. The molecule has 0 aromatic heterocycles. The minimum Gasteiger partial charge on any atom is -0.744 e. The van der Waals surface area contributed by atoms with Crippen molar-refractivity contribution >= 4 is 33.5 Å². The van der Waals surface area contributed by atoms with E-state index in [9.17, 15) is 13.0 Å². The van der Waals surface area contributed by atoms with Gasteiger partial charge in [0, 0.05) is 10.3 Å². The van der Waals surface area contributed by atoms with Gasteiger partial charge < -0.3 is 4.55 Å². The van der Waals surface area contributed by atoms with Crippen molar-refractivity contribution < 1.29 is 42.5 Å². The Balaban J connectivity index is 0.00000128. The summed E-state index contributed by atoms with van der Waals surface area (Å²) in [4.78, 5) is -0.0624. The van der Waals surface area contributed by atoms with Crippen LogP contribution in [0, 0.1) is 0 Å². The normalized spacial score (nSPS) is 11.1. The summed E-state index contributed by atoms with van der Waals surface area (Å²) in [5.74, 6) is 0. The fraction of sp³-hybridized carbons (Fsp3) is 0. The molecule has 0 amide bonds. The van der Waals surface area contributed by atoms with E-state index in [0.29, 0.717) is 10.8 Å². The largest absolute Gasteiger partial charge is 1.00 e. The predicted octanol–water partition coefficient (Wildman–Crippen LogP) is -0.963. The van der Waals surface area contributed by atoms with Crippen LogP contribution >= 0.6 is 12.6 Å². The number of benzene rings is 2. The maximum atomic E-state index is 11.1. The molecule has 6 heteroatoms. The van der Waals surface area contributed by atoms with Crippen molar-refractivity contribution in [2.24, 2.45) is 0 Å². The molecule has 0 atom stereocenters. The van der Waals surface area contributed by atoms with Crippen LogP contribution in [-0.4, -0.2) is 13.0 Å². The van der Waals surface area contributed by atoms with Gasteiger partial charge in [-0.1, -0.05) is 30.3 Å². The molecule has 0 radical (unpaired) electrons. The van der Waals surface area contributed by atoms with Crippen LogP contribution in [0.25, 0.3) is 10.8 Å². The zero-order chi connectivity index (χ0) is 11.1. The molecule has 0 aliphatic rings. The Bertz CT molecular complexity index is 623.